The Morgan fingerprint density at radius 3 is 2.58 bits per heavy atom. The zero-order chi connectivity index (χ0) is 13.7. The first-order valence-corrected chi connectivity index (χ1v) is 7.72. The van der Waals surface area contributed by atoms with Crippen LogP contribution in [0.4, 0.5) is 4.39 Å². The zero-order valence-corrected chi connectivity index (χ0v) is 12.3. The molecule has 1 aliphatic rings. The van der Waals surface area contributed by atoms with Crippen LogP contribution < -0.4 is 5.32 Å². The predicted octanol–water partition coefficient (Wildman–Crippen LogP) is 4.93. The van der Waals surface area contributed by atoms with Gasteiger partial charge in [0.15, 0.2) is 0 Å². The van der Waals surface area contributed by atoms with Gasteiger partial charge < -0.3 is 5.32 Å². The SMILES string of the molecule is C[C@H](NCc1ccc(F)c(Cl)c1)C1CCCCCC1. The van der Waals surface area contributed by atoms with Crippen LogP contribution in [0.25, 0.3) is 0 Å². The summed E-state index contributed by atoms with van der Waals surface area (Å²) < 4.78 is 13.1. The third-order valence-electron chi connectivity index (χ3n) is 4.22. The van der Waals surface area contributed by atoms with E-state index in [4.69, 9.17) is 11.6 Å². The minimum atomic E-state index is -0.345. The number of benzene rings is 1. The molecule has 1 saturated carbocycles. The Bertz CT molecular complexity index is 400. The molecule has 1 atom stereocenters. The quantitative estimate of drug-likeness (QED) is 0.773. The van der Waals surface area contributed by atoms with Crippen LogP contribution in [0.5, 0.6) is 0 Å². The Hall–Kier alpha value is -0.600. The van der Waals surface area contributed by atoms with Gasteiger partial charge in [-0.2, -0.15) is 0 Å². The lowest BCUT2D eigenvalue weighted by Crippen LogP contribution is -2.32. The van der Waals surface area contributed by atoms with Crippen molar-refractivity contribution < 1.29 is 4.39 Å². The van der Waals surface area contributed by atoms with E-state index in [2.05, 4.69) is 12.2 Å². The minimum Gasteiger partial charge on any atom is -0.310 e. The van der Waals surface area contributed by atoms with Gasteiger partial charge in [0.1, 0.15) is 5.82 Å². The highest BCUT2D eigenvalue weighted by molar-refractivity contribution is 6.30. The number of nitrogens with one attached hydrogen (secondary N) is 1. The van der Waals surface area contributed by atoms with E-state index in [-0.39, 0.29) is 10.8 Å². The van der Waals surface area contributed by atoms with E-state index in [9.17, 15) is 4.39 Å². The van der Waals surface area contributed by atoms with Crippen molar-refractivity contribution in [3.05, 3.63) is 34.6 Å². The van der Waals surface area contributed by atoms with Crippen LogP contribution in [0.2, 0.25) is 5.02 Å². The second kappa shape index (κ2) is 7.25. The van der Waals surface area contributed by atoms with Gasteiger partial charge in [0.25, 0.3) is 0 Å². The van der Waals surface area contributed by atoms with Crippen LogP contribution >= 0.6 is 11.6 Å². The Kier molecular flexibility index (Phi) is 5.65. The third kappa shape index (κ3) is 4.47. The second-order valence-electron chi connectivity index (χ2n) is 5.67. The summed E-state index contributed by atoms with van der Waals surface area (Å²) in [5.41, 5.74) is 1.05. The van der Waals surface area contributed by atoms with Crippen LogP contribution in [0, 0.1) is 11.7 Å². The molecule has 1 aliphatic carbocycles. The van der Waals surface area contributed by atoms with Crippen LogP contribution in [-0.4, -0.2) is 6.04 Å². The first-order valence-electron chi connectivity index (χ1n) is 7.34. The zero-order valence-electron chi connectivity index (χ0n) is 11.6. The highest BCUT2D eigenvalue weighted by atomic mass is 35.5. The molecular weight excluding hydrogens is 261 g/mol. The van der Waals surface area contributed by atoms with Gasteiger partial charge in [0, 0.05) is 12.6 Å². The molecule has 0 heterocycles. The molecule has 0 radical (unpaired) electrons. The second-order valence-corrected chi connectivity index (χ2v) is 6.08. The average molecular weight is 284 g/mol. The van der Waals surface area contributed by atoms with Crippen LogP contribution in [0.3, 0.4) is 0 Å². The number of hydrogen-bond acceptors (Lipinski definition) is 1. The third-order valence-corrected chi connectivity index (χ3v) is 4.51. The Labute approximate surface area is 120 Å². The monoisotopic (exact) mass is 283 g/mol. The molecule has 1 aromatic rings. The first-order chi connectivity index (χ1) is 9.16. The lowest BCUT2D eigenvalue weighted by molar-refractivity contribution is 0.336. The van der Waals surface area contributed by atoms with Gasteiger partial charge in [-0.25, -0.2) is 4.39 Å². The van der Waals surface area contributed by atoms with E-state index < -0.39 is 0 Å². The summed E-state index contributed by atoms with van der Waals surface area (Å²) in [5, 5.41) is 3.77. The van der Waals surface area contributed by atoms with Crippen molar-refractivity contribution in [3.8, 4) is 0 Å². The largest absolute Gasteiger partial charge is 0.310 e. The van der Waals surface area contributed by atoms with Crippen LogP contribution in [0.15, 0.2) is 18.2 Å². The van der Waals surface area contributed by atoms with E-state index in [0.717, 1.165) is 18.0 Å². The Morgan fingerprint density at radius 2 is 1.95 bits per heavy atom. The normalized spacial score (nSPS) is 19.1. The molecule has 0 spiro atoms. The molecule has 2 rings (SSSR count). The van der Waals surface area contributed by atoms with Crippen LogP contribution in [0.1, 0.15) is 51.0 Å². The summed E-state index contributed by atoms with van der Waals surface area (Å²) in [4.78, 5) is 0. The van der Waals surface area contributed by atoms with Gasteiger partial charge in [0.05, 0.1) is 5.02 Å². The fourth-order valence-electron chi connectivity index (χ4n) is 2.91. The summed E-state index contributed by atoms with van der Waals surface area (Å²) in [5.74, 6) is 0.431. The maximum atomic E-state index is 13.1. The van der Waals surface area contributed by atoms with Crippen molar-refractivity contribution in [1.82, 2.24) is 5.32 Å². The summed E-state index contributed by atoms with van der Waals surface area (Å²) in [6.07, 6.45) is 8.16. The van der Waals surface area contributed by atoms with E-state index in [0.29, 0.717) is 6.04 Å². The molecule has 1 aromatic carbocycles. The van der Waals surface area contributed by atoms with Gasteiger partial charge in [-0.3, -0.25) is 0 Å². The Morgan fingerprint density at radius 1 is 1.26 bits per heavy atom. The summed E-state index contributed by atoms with van der Waals surface area (Å²) in [7, 11) is 0. The highest BCUT2D eigenvalue weighted by Crippen LogP contribution is 2.25. The molecule has 1 N–H and O–H groups in total. The molecule has 1 fully saturated rings. The Balaban J connectivity index is 1.84. The maximum absolute atomic E-state index is 13.1. The van der Waals surface area contributed by atoms with Crippen LogP contribution in [-0.2, 0) is 6.54 Å². The smallest absolute Gasteiger partial charge is 0.141 e. The molecule has 3 heteroatoms. The summed E-state index contributed by atoms with van der Waals surface area (Å²) >= 11 is 5.80. The minimum absolute atomic E-state index is 0.210. The molecule has 1 nitrogen and oxygen atoms in total. The first kappa shape index (κ1) is 14.8. The van der Waals surface area contributed by atoms with Crippen molar-refractivity contribution in [2.45, 2.75) is 58.0 Å². The van der Waals surface area contributed by atoms with Crippen molar-refractivity contribution in [1.29, 1.82) is 0 Å². The molecule has 0 saturated heterocycles. The van der Waals surface area contributed by atoms with Gasteiger partial charge in [-0.1, -0.05) is 43.4 Å². The summed E-state index contributed by atoms with van der Waals surface area (Å²) in [6.45, 7) is 3.03. The fraction of sp³-hybridized carbons (Fsp3) is 0.625. The molecule has 0 unspecified atom stereocenters. The maximum Gasteiger partial charge on any atom is 0.141 e. The molecular formula is C16H23ClFN. The van der Waals surface area contributed by atoms with Gasteiger partial charge >= 0.3 is 0 Å². The van der Waals surface area contributed by atoms with Gasteiger partial charge in [0.2, 0.25) is 0 Å². The highest BCUT2D eigenvalue weighted by Gasteiger charge is 2.18. The van der Waals surface area contributed by atoms with Gasteiger partial charge in [-0.15, -0.1) is 0 Å². The van der Waals surface area contributed by atoms with Crippen molar-refractivity contribution in [2.75, 3.05) is 0 Å². The predicted molar refractivity (Wildman–Crippen MR) is 78.9 cm³/mol. The van der Waals surface area contributed by atoms with Gasteiger partial charge in [-0.05, 0) is 43.4 Å². The molecule has 0 bridgehead atoms. The molecule has 106 valence electrons. The fourth-order valence-corrected chi connectivity index (χ4v) is 3.11. The lowest BCUT2D eigenvalue weighted by Gasteiger charge is -2.23. The van der Waals surface area contributed by atoms with Crippen molar-refractivity contribution in [3.63, 3.8) is 0 Å². The molecule has 0 aromatic heterocycles. The molecule has 0 aliphatic heterocycles. The van der Waals surface area contributed by atoms with E-state index >= 15 is 0 Å². The van der Waals surface area contributed by atoms with Crippen molar-refractivity contribution >= 4 is 11.6 Å². The molecule has 19 heavy (non-hydrogen) atoms. The number of rotatable bonds is 4. The number of halogens is 2. The standard InChI is InChI=1S/C16H23ClFN/c1-12(14-6-4-2-3-5-7-14)19-11-13-8-9-16(18)15(17)10-13/h8-10,12,14,19H,2-7,11H2,1H3/t12-/m0/s1. The average Bonchev–Trinajstić information content (AvgIpc) is 2.69. The number of hydrogen-bond donors (Lipinski definition) is 1. The topological polar surface area (TPSA) is 12.0 Å². The lowest BCUT2D eigenvalue weighted by atomic mass is 9.93. The molecule has 0 amide bonds. The van der Waals surface area contributed by atoms with E-state index in [1.54, 1.807) is 12.1 Å². The van der Waals surface area contributed by atoms with E-state index in [1.165, 1.54) is 44.6 Å². The van der Waals surface area contributed by atoms with E-state index in [1.807, 2.05) is 0 Å². The van der Waals surface area contributed by atoms with Crippen molar-refractivity contribution in [2.24, 2.45) is 5.92 Å². The summed E-state index contributed by atoms with van der Waals surface area (Å²) in [6, 6.07) is 5.47.